The highest BCUT2D eigenvalue weighted by atomic mass is 16.4. The molecule has 5 nitrogen and oxygen atoms in total. The van der Waals surface area contributed by atoms with Gasteiger partial charge in [0, 0.05) is 17.8 Å². The van der Waals surface area contributed by atoms with Crippen molar-refractivity contribution in [3.63, 3.8) is 0 Å². The number of carbonyl (C=O) groups is 2. The fourth-order valence-electron chi connectivity index (χ4n) is 1.76. The number of hydrogen-bond acceptors (Lipinski definition) is 3. The van der Waals surface area contributed by atoms with Gasteiger partial charge in [0.25, 0.3) is 0 Å². The van der Waals surface area contributed by atoms with Crippen LogP contribution in [0.2, 0.25) is 0 Å². The third-order valence-corrected chi connectivity index (χ3v) is 2.60. The molecule has 102 valence electrons. The molecule has 0 aliphatic heterocycles. The number of nitrogens with two attached hydrogens (primary N) is 1. The Balaban J connectivity index is 3.15. The van der Waals surface area contributed by atoms with Crippen molar-refractivity contribution in [3.05, 3.63) is 35.9 Å². The van der Waals surface area contributed by atoms with Gasteiger partial charge in [0.15, 0.2) is 0 Å². The summed E-state index contributed by atoms with van der Waals surface area (Å²) < 4.78 is 0. The Labute approximate surface area is 112 Å². The molecule has 0 atom stereocenters. The summed E-state index contributed by atoms with van der Waals surface area (Å²) in [5, 5.41) is 8.68. The van der Waals surface area contributed by atoms with Gasteiger partial charge in [-0.1, -0.05) is 18.2 Å². The number of primary amides is 1. The number of benzene rings is 1. The zero-order chi connectivity index (χ0) is 14.4. The number of carboxylic acids is 1. The summed E-state index contributed by atoms with van der Waals surface area (Å²) in [7, 11) is 0. The van der Waals surface area contributed by atoms with E-state index in [4.69, 9.17) is 10.8 Å². The van der Waals surface area contributed by atoms with Gasteiger partial charge >= 0.3 is 5.97 Å². The Bertz CT molecular complexity index is 495. The molecule has 0 unspecified atom stereocenters. The molecule has 0 aromatic heterocycles. The molecule has 0 bridgehead atoms. The minimum absolute atomic E-state index is 0.0758. The van der Waals surface area contributed by atoms with Crippen LogP contribution in [0.25, 0.3) is 6.08 Å². The van der Waals surface area contributed by atoms with E-state index in [9.17, 15) is 9.59 Å². The van der Waals surface area contributed by atoms with E-state index in [1.165, 1.54) is 6.08 Å². The van der Waals surface area contributed by atoms with Crippen LogP contribution in [0.4, 0.5) is 5.69 Å². The molecule has 0 fully saturated rings. The number of carbonyl (C=O) groups excluding carboxylic acids is 1. The summed E-state index contributed by atoms with van der Waals surface area (Å²) in [5.74, 6) is -1.44. The smallest absolute Gasteiger partial charge is 0.328 e. The second kappa shape index (κ2) is 6.58. The van der Waals surface area contributed by atoms with E-state index < -0.39 is 11.9 Å². The van der Waals surface area contributed by atoms with Gasteiger partial charge in [-0.2, -0.15) is 0 Å². The molecule has 0 aliphatic rings. The second-order valence-electron chi connectivity index (χ2n) is 4.42. The van der Waals surface area contributed by atoms with Crippen LogP contribution in [0.1, 0.15) is 19.4 Å². The zero-order valence-electron chi connectivity index (χ0n) is 11.0. The first-order valence-corrected chi connectivity index (χ1v) is 5.96. The van der Waals surface area contributed by atoms with E-state index in [0.29, 0.717) is 0 Å². The first kappa shape index (κ1) is 14.8. The highest BCUT2D eigenvalue weighted by Gasteiger charge is 2.15. The van der Waals surface area contributed by atoms with Crippen molar-refractivity contribution < 1.29 is 14.7 Å². The quantitative estimate of drug-likeness (QED) is 0.761. The lowest BCUT2D eigenvalue weighted by atomic mass is 10.1. The van der Waals surface area contributed by atoms with Gasteiger partial charge in [-0.25, -0.2) is 4.79 Å². The van der Waals surface area contributed by atoms with Crippen LogP contribution < -0.4 is 10.6 Å². The number of rotatable bonds is 6. The average Bonchev–Trinajstić information content (AvgIpc) is 2.33. The molecule has 0 heterocycles. The van der Waals surface area contributed by atoms with Gasteiger partial charge in [-0.05, 0) is 31.6 Å². The summed E-state index contributed by atoms with van der Waals surface area (Å²) in [6.45, 7) is 3.98. The third kappa shape index (κ3) is 4.46. The van der Waals surface area contributed by atoms with Crippen molar-refractivity contribution in [1.82, 2.24) is 0 Å². The van der Waals surface area contributed by atoms with E-state index in [-0.39, 0.29) is 12.6 Å². The Morgan fingerprint density at radius 1 is 1.37 bits per heavy atom. The first-order chi connectivity index (χ1) is 8.91. The maximum Gasteiger partial charge on any atom is 0.328 e. The minimum atomic E-state index is -1.01. The number of nitrogens with zero attached hydrogens (tertiary/aromatic N) is 1. The zero-order valence-corrected chi connectivity index (χ0v) is 11.0. The molecular weight excluding hydrogens is 244 g/mol. The topological polar surface area (TPSA) is 83.6 Å². The highest BCUT2D eigenvalue weighted by Crippen LogP contribution is 2.23. The highest BCUT2D eigenvalue weighted by molar-refractivity contribution is 5.87. The summed E-state index contributed by atoms with van der Waals surface area (Å²) in [6.07, 6.45) is 2.58. The van der Waals surface area contributed by atoms with Crippen LogP contribution >= 0.6 is 0 Å². The van der Waals surface area contributed by atoms with Gasteiger partial charge in [0.1, 0.15) is 0 Å². The molecule has 0 saturated carbocycles. The van der Waals surface area contributed by atoms with Crippen molar-refractivity contribution >= 4 is 23.6 Å². The van der Waals surface area contributed by atoms with E-state index in [1.807, 2.05) is 36.9 Å². The lowest BCUT2D eigenvalue weighted by Gasteiger charge is -2.29. The predicted octanol–water partition coefficient (Wildman–Crippen LogP) is 1.48. The average molecular weight is 262 g/mol. The molecule has 1 aromatic rings. The molecule has 1 rings (SSSR count). The number of carboxylic acid groups (broad SMARTS) is 1. The Morgan fingerprint density at radius 3 is 2.53 bits per heavy atom. The molecule has 0 aliphatic carbocycles. The molecule has 19 heavy (non-hydrogen) atoms. The number of aliphatic carboxylic acids is 1. The number of anilines is 1. The second-order valence-corrected chi connectivity index (χ2v) is 4.42. The van der Waals surface area contributed by atoms with Crippen molar-refractivity contribution in [2.24, 2.45) is 5.73 Å². The van der Waals surface area contributed by atoms with E-state index in [1.54, 1.807) is 6.07 Å². The number of para-hydroxylation sites is 1. The Hall–Kier alpha value is -2.30. The SMILES string of the molecule is CC(C)N(CC(N)=O)c1ccccc1/C=C/C(=O)O. The minimum Gasteiger partial charge on any atom is -0.478 e. The number of hydrogen-bond donors (Lipinski definition) is 2. The van der Waals surface area contributed by atoms with Gasteiger partial charge in [-0.15, -0.1) is 0 Å². The van der Waals surface area contributed by atoms with E-state index in [0.717, 1.165) is 17.3 Å². The van der Waals surface area contributed by atoms with Gasteiger partial charge in [0.05, 0.1) is 6.54 Å². The molecule has 0 saturated heterocycles. The molecule has 0 radical (unpaired) electrons. The van der Waals surface area contributed by atoms with E-state index in [2.05, 4.69) is 0 Å². The standard InChI is InChI=1S/C14H18N2O3/c1-10(2)16(9-13(15)17)12-6-4-3-5-11(12)7-8-14(18)19/h3-8,10H,9H2,1-2H3,(H2,15,17)(H,18,19)/b8-7+. The normalized spacial score (nSPS) is 10.9. The summed E-state index contributed by atoms with van der Waals surface area (Å²) in [6, 6.07) is 7.36. The summed E-state index contributed by atoms with van der Waals surface area (Å²) >= 11 is 0. The predicted molar refractivity (Wildman–Crippen MR) is 74.8 cm³/mol. The van der Waals surface area contributed by atoms with Gasteiger partial charge in [0.2, 0.25) is 5.91 Å². The third-order valence-electron chi connectivity index (χ3n) is 2.60. The largest absolute Gasteiger partial charge is 0.478 e. The molecule has 1 aromatic carbocycles. The molecule has 5 heteroatoms. The fraction of sp³-hybridized carbons (Fsp3) is 0.286. The van der Waals surface area contributed by atoms with Crippen LogP contribution in [0.5, 0.6) is 0 Å². The first-order valence-electron chi connectivity index (χ1n) is 5.96. The van der Waals surface area contributed by atoms with Crippen molar-refractivity contribution in [3.8, 4) is 0 Å². The van der Waals surface area contributed by atoms with Crippen LogP contribution in [0.3, 0.4) is 0 Å². The maximum atomic E-state index is 11.1. The lowest BCUT2D eigenvalue weighted by Crippen LogP contribution is -2.38. The molecule has 1 amide bonds. The van der Waals surface area contributed by atoms with Crippen LogP contribution in [0, 0.1) is 0 Å². The Morgan fingerprint density at radius 2 is 2.00 bits per heavy atom. The van der Waals surface area contributed by atoms with Crippen LogP contribution in [0.15, 0.2) is 30.3 Å². The van der Waals surface area contributed by atoms with Crippen molar-refractivity contribution in [2.45, 2.75) is 19.9 Å². The summed E-state index contributed by atoms with van der Waals surface area (Å²) in [5.41, 5.74) is 6.77. The fourth-order valence-corrected chi connectivity index (χ4v) is 1.76. The van der Waals surface area contributed by atoms with Crippen LogP contribution in [-0.4, -0.2) is 29.6 Å². The van der Waals surface area contributed by atoms with Crippen LogP contribution in [-0.2, 0) is 9.59 Å². The molecule has 3 N–H and O–H groups in total. The van der Waals surface area contributed by atoms with Gasteiger partial charge < -0.3 is 15.7 Å². The van der Waals surface area contributed by atoms with Crippen molar-refractivity contribution in [2.75, 3.05) is 11.4 Å². The lowest BCUT2D eigenvalue weighted by molar-refractivity contribution is -0.131. The van der Waals surface area contributed by atoms with E-state index >= 15 is 0 Å². The Kier molecular flexibility index (Phi) is 5.11. The summed E-state index contributed by atoms with van der Waals surface area (Å²) in [4.78, 5) is 23.6. The number of amides is 1. The molecule has 0 spiro atoms. The monoisotopic (exact) mass is 262 g/mol. The van der Waals surface area contributed by atoms with Crippen molar-refractivity contribution in [1.29, 1.82) is 0 Å². The maximum absolute atomic E-state index is 11.1. The van der Waals surface area contributed by atoms with Gasteiger partial charge in [-0.3, -0.25) is 4.79 Å². The molecular formula is C14H18N2O3.